The lowest BCUT2D eigenvalue weighted by Crippen LogP contribution is -2.19. The standard InChI is InChI=1S/C19H13FO2/c20-15-7-5-12(6-8-15)18-16-4-2-1-3-13(16)9-14-10-22-11-17(21)19(14)18/h1-9H,10-11H2. The summed E-state index contributed by atoms with van der Waals surface area (Å²) in [5.74, 6) is -0.307. The first-order valence-corrected chi connectivity index (χ1v) is 7.15. The van der Waals surface area contributed by atoms with Crippen LogP contribution in [0.5, 0.6) is 0 Å². The van der Waals surface area contributed by atoms with E-state index < -0.39 is 0 Å². The summed E-state index contributed by atoms with van der Waals surface area (Å²) in [6.45, 7) is 0.527. The molecule has 3 heteroatoms. The van der Waals surface area contributed by atoms with Gasteiger partial charge in [-0.2, -0.15) is 0 Å². The van der Waals surface area contributed by atoms with Crippen LogP contribution < -0.4 is 0 Å². The van der Waals surface area contributed by atoms with Crippen LogP contribution in [0.2, 0.25) is 0 Å². The fraction of sp³-hybridized carbons (Fsp3) is 0.105. The predicted octanol–water partition coefficient (Wildman–Crippen LogP) is 4.36. The molecule has 0 spiro atoms. The van der Waals surface area contributed by atoms with Crippen molar-refractivity contribution in [2.75, 3.05) is 6.61 Å². The Hall–Kier alpha value is -2.52. The van der Waals surface area contributed by atoms with Crippen molar-refractivity contribution in [2.45, 2.75) is 6.61 Å². The number of benzene rings is 3. The monoisotopic (exact) mass is 292 g/mol. The molecule has 0 aliphatic carbocycles. The summed E-state index contributed by atoms with van der Waals surface area (Å²) in [4.78, 5) is 12.4. The van der Waals surface area contributed by atoms with Gasteiger partial charge >= 0.3 is 0 Å². The van der Waals surface area contributed by atoms with Crippen molar-refractivity contribution in [1.82, 2.24) is 0 Å². The molecule has 0 saturated carbocycles. The number of carbonyl (C=O) groups is 1. The zero-order valence-corrected chi connectivity index (χ0v) is 11.8. The molecular weight excluding hydrogens is 279 g/mol. The van der Waals surface area contributed by atoms with E-state index in [0.29, 0.717) is 12.2 Å². The molecule has 0 fully saturated rings. The molecule has 0 saturated heterocycles. The molecule has 1 aliphatic rings. The van der Waals surface area contributed by atoms with Crippen LogP contribution >= 0.6 is 0 Å². The smallest absolute Gasteiger partial charge is 0.189 e. The minimum atomic E-state index is -0.285. The van der Waals surface area contributed by atoms with Crippen molar-refractivity contribution in [1.29, 1.82) is 0 Å². The molecule has 1 aliphatic heterocycles. The third kappa shape index (κ3) is 2.02. The Morgan fingerprint density at radius 3 is 2.50 bits per heavy atom. The van der Waals surface area contributed by atoms with Crippen LogP contribution in [0.4, 0.5) is 4.39 Å². The van der Waals surface area contributed by atoms with Crippen molar-refractivity contribution < 1.29 is 13.9 Å². The van der Waals surface area contributed by atoms with Gasteiger partial charge in [0, 0.05) is 11.1 Å². The predicted molar refractivity (Wildman–Crippen MR) is 83.3 cm³/mol. The Morgan fingerprint density at radius 1 is 0.909 bits per heavy atom. The molecule has 108 valence electrons. The SMILES string of the molecule is O=C1COCc2cc3ccccc3c(-c3ccc(F)cc3)c21. The molecule has 0 atom stereocenters. The number of hydrogen-bond donors (Lipinski definition) is 0. The lowest BCUT2D eigenvalue weighted by atomic mass is 9.87. The van der Waals surface area contributed by atoms with Crippen LogP contribution in [0.15, 0.2) is 54.6 Å². The van der Waals surface area contributed by atoms with Gasteiger partial charge < -0.3 is 4.74 Å². The van der Waals surface area contributed by atoms with Crippen LogP contribution in [0.25, 0.3) is 21.9 Å². The fourth-order valence-electron chi connectivity index (χ4n) is 3.08. The molecule has 3 aromatic carbocycles. The van der Waals surface area contributed by atoms with E-state index in [1.165, 1.54) is 12.1 Å². The number of fused-ring (bicyclic) bond motifs is 2. The van der Waals surface area contributed by atoms with E-state index in [-0.39, 0.29) is 18.2 Å². The topological polar surface area (TPSA) is 26.3 Å². The van der Waals surface area contributed by atoms with E-state index in [1.54, 1.807) is 12.1 Å². The van der Waals surface area contributed by atoms with Gasteiger partial charge in [0.25, 0.3) is 0 Å². The molecule has 22 heavy (non-hydrogen) atoms. The number of halogens is 1. The molecule has 2 nitrogen and oxygen atoms in total. The van der Waals surface area contributed by atoms with Crippen molar-refractivity contribution in [2.24, 2.45) is 0 Å². The second kappa shape index (κ2) is 5.04. The van der Waals surface area contributed by atoms with Crippen molar-refractivity contribution in [3.05, 3.63) is 71.5 Å². The molecule has 0 radical (unpaired) electrons. The van der Waals surface area contributed by atoms with E-state index in [0.717, 1.165) is 27.5 Å². The average Bonchev–Trinajstić information content (AvgIpc) is 2.54. The molecule has 4 rings (SSSR count). The number of Topliss-reactive ketones (excluding diaryl/α,β-unsaturated/α-hetero) is 1. The molecular formula is C19H13FO2. The minimum absolute atomic E-state index is 0.0219. The molecule has 3 aromatic rings. The quantitative estimate of drug-likeness (QED) is 0.666. The molecule has 0 bridgehead atoms. The average molecular weight is 292 g/mol. The summed E-state index contributed by atoms with van der Waals surface area (Å²) in [5, 5.41) is 2.06. The van der Waals surface area contributed by atoms with E-state index >= 15 is 0 Å². The Kier molecular flexibility index (Phi) is 3.01. The minimum Gasteiger partial charge on any atom is -0.369 e. The van der Waals surface area contributed by atoms with E-state index in [1.807, 2.05) is 30.3 Å². The Labute approximate surface area is 127 Å². The molecule has 0 aromatic heterocycles. The first-order chi connectivity index (χ1) is 10.7. The molecule has 0 N–H and O–H groups in total. The van der Waals surface area contributed by atoms with E-state index in [9.17, 15) is 9.18 Å². The highest BCUT2D eigenvalue weighted by molar-refractivity contribution is 6.12. The number of ketones is 1. The Balaban J connectivity index is 2.11. The van der Waals surface area contributed by atoms with E-state index in [2.05, 4.69) is 0 Å². The molecule has 1 heterocycles. The van der Waals surface area contributed by atoms with Crippen LogP contribution in [-0.4, -0.2) is 12.4 Å². The van der Waals surface area contributed by atoms with Gasteiger partial charge in [0.1, 0.15) is 12.4 Å². The molecule has 0 amide bonds. The van der Waals surface area contributed by atoms with Gasteiger partial charge in [-0.15, -0.1) is 0 Å². The maximum absolute atomic E-state index is 13.2. The van der Waals surface area contributed by atoms with Crippen LogP contribution in [-0.2, 0) is 11.3 Å². The summed E-state index contributed by atoms with van der Waals surface area (Å²) in [6.07, 6.45) is 0. The van der Waals surface area contributed by atoms with E-state index in [4.69, 9.17) is 4.74 Å². The highest BCUT2D eigenvalue weighted by Crippen LogP contribution is 2.36. The normalized spacial score (nSPS) is 14.1. The number of hydrogen-bond acceptors (Lipinski definition) is 2. The zero-order valence-electron chi connectivity index (χ0n) is 11.8. The summed E-state index contributed by atoms with van der Waals surface area (Å²) in [5.41, 5.74) is 3.33. The Morgan fingerprint density at radius 2 is 1.68 bits per heavy atom. The maximum atomic E-state index is 13.2. The fourth-order valence-corrected chi connectivity index (χ4v) is 3.08. The summed E-state index contributed by atoms with van der Waals surface area (Å²) in [6, 6.07) is 16.2. The van der Waals surface area contributed by atoms with Crippen molar-refractivity contribution in [3.63, 3.8) is 0 Å². The second-order valence-electron chi connectivity index (χ2n) is 5.43. The number of carbonyl (C=O) groups excluding carboxylic acids is 1. The second-order valence-corrected chi connectivity index (χ2v) is 5.43. The Bertz CT molecular complexity index is 882. The van der Waals surface area contributed by atoms with Gasteiger partial charge in [-0.05, 0) is 40.1 Å². The van der Waals surface area contributed by atoms with Gasteiger partial charge in [0.15, 0.2) is 5.78 Å². The van der Waals surface area contributed by atoms with Crippen LogP contribution in [0, 0.1) is 5.82 Å². The molecule has 0 unspecified atom stereocenters. The highest BCUT2D eigenvalue weighted by atomic mass is 19.1. The van der Waals surface area contributed by atoms with Crippen LogP contribution in [0.1, 0.15) is 15.9 Å². The van der Waals surface area contributed by atoms with Gasteiger partial charge in [0.05, 0.1) is 6.61 Å². The van der Waals surface area contributed by atoms with Gasteiger partial charge in [-0.3, -0.25) is 4.79 Å². The van der Waals surface area contributed by atoms with Gasteiger partial charge in [-0.25, -0.2) is 4.39 Å². The number of ether oxygens (including phenoxy) is 1. The van der Waals surface area contributed by atoms with Crippen molar-refractivity contribution >= 4 is 16.6 Å². The zero-order chi connectivity index (χ0) is 15.1. The number of rotatable bonds is 1. The lowest BCUT2D eigenvalue weighted by Gasteiger charge is -2.21. The van der Waals surface area contributed by atoms with Gasteiger partial charge in [-0.1, -0.05) is 36.4 Å². The third-order valence-electron chi connectivity index (χ3n) is 4.03. The first kappa shape index (κ1) is 13.2. The van der Waals surface area contributed by atoms with Crippen LogP contribution in [0.3, 0.4) is 0 Å². The largest absolute Gasteiger partial charge is 0.369 e. The third-order valence-corrected chi connectivity index (χ3v) is 4.03. The first-order valence-electron chi connectivity index (χ1n) is 7.15. The maximum Gasteiger partial charge on any atom is 0.189 e. The summed E-state index contributed by atoms with van der Waals surface area (Å²) >= 11 is 0. The van der Waals surface area contributed by atoms with Crippen molar-refractivity contribution in [3.8, 4) is 11.1 Å². The summed E-state index contributed by atoms with van der Waals surface area (Å²) in [7, 11) is 0. The lowest BCUT2D eigenvalue weighted by molar-refractivity contribution is 0.0667. The highest BCUT2D eigenvalue weighted by Gasteiger charge is 2.24. The summed E-state index contributed by atoms with van der Waals surface area (Å²) < 4.78 is 18.6. The van der Waals surface area contributed by atoms with Gasteiger partial charge in [0.2, 0.25) is 0 Å².